The van der Waals surface area contributed by atoms with Crippen molar-refractivity contribution in [3.05, 3.63) is 57.5 Å². The van der Waals surface area contributed by atoms with Crippen LogP contribution in [-0.4, -0.2) is 21.3 Å². The Morgan fingerprint density at radius 3 is 2.76 bits per heavy atom. The number of hydrogen-bond acceptors (Lipinski definition) is 4. The van der Waals surface area contributed by atoms with Crippen molar-refractivity contribution in [3.8, 4) is 0 Å². The zero-order chi connectivity index (χ0) is 15.2. The smallest absolute Gasteiger partial charge is 0.285 e. The van der Waals surface area contributed by atoms with E-state index in [-0.39, 0.29) is 11.1 Å². The lowest BCUT2D eigenvalue weighted by molar-refractivity contribution is 0.150. The van der Waals surface area contributed by atoms with Gasteiger partial charge in [-0.05, 0) is 12.0 Å². The highest BCUT2D eigenvalue weighted by Gasteiger charge is 2.21. The van der Waals surface area contributed by atoms with E-state index in [9.17, 15) is 9.90 Å². The number of aliphatic hydroxyl groups is 1. The normalized spacial score (nSPS) is 13.7. The van der Waals surface area contributed by atoms with E-state index in [0.29, 0.717) is 5.69 Å². The van der Waals surface area contributed by atoms with Gasteiger partial charge >= 0.3 is 0 Å². The third-order valence-corrected chi connectivity index (χ3v) is 3.63. The molecule has 1 aromatic carbocycles. The molecule has 5 nitrogen and oxygen atoms in total. The van der Waals surface area contributed by atoms with Crippen LogP contribution in [-0.2, 0) is 0 Å². The van der Waals surface area contributed by atoms with Gasteiger partial charge in [-0.3, -0.25) is 4.79 Å². The number of halogens is 1. The van der Waals surface area contributed by atoms with Gasteiger partial charge < -0.3 is 10.4 Å². The number of nitrogens with one attached hydrogen (secondary N) is 2. The molecule has 0 spiro atoms. The largest absolute Gasteiger partial charge is 0.386 e. The predicted molar refractivity (Wildman–Crippen MR) is 83.6 cm³/mol. The lowest BCUT2D eigenvalue weighted by Gasteiger charge is -2.25. The van der Waals surface area contributed by atoms with Crippen LogP contribution >= 0.6 is 11.6 Å². The molecule has 0 amide bonds. The lowest BCUT2D eigenvalue weighted by Crippen LogP contribution is -2.28. The summed E-state index contributed by atoms with van der Waals surface area (Å²) in [5.74, 6) is 0. The summed E-state index contributed by atoms with van der Waals surface area (Å²) in [5.41, 5.74) is 0.789. The number of aromatic nitrogens is 2. The summed E-state index contributed by atoms with van der Waals surface area (Å²) in [5, 5.41) is 19.7. The van der Waals surface area contributed by atoms with Gasteiger partial charge in [-0.25, -0.2) is 5.10 Å². The number of hydrogen-bond donors (Lipinski definition) is 3. The molecule has 0 unspecified atom stereocenters. The Bertz CT molecular complexity index is 630. The summed E-state index contributed by atoms with van der Waals surface area (Å²) < 4.78 is 0. The van der Waals surface area contributed by atoms with Gasteiger partial charge in [0.15, 0.2) is 0 Å². The van der Waals surface area contributed by atoms with Crippen LogP contribution in [0.1, 0.15) is 31.4 Å². The maximum Gasteiger partial charge on any atom is 0.285 e. The molecule has 3 N–H and O–H groups in total. The van der Waals surface area contributed by atoms with E-state index < -0.39 is 11.7 Å². The Morgan fingerprint density at radius 2 is 2.10 bits per heavy atom. The highest BCUT2D eigenvalue weighted by molar-refractivity contribution is 6.32. The minimum Gasteiger partial charge on any atom is -0.386 e. The second-order valence-electron chi connectivity index (χ2n) is 4.82. The molecule has 0 saturated carbocycles. The third-order valence-electron chi connectivity index (χ3n) is 3.26. The van der Waals surface area contributed by atoms with Crippen LogP contribution in [0.3, 0.4) is 0 Å². The maximum atomic E-state index is 11.5. The van der Waals surface area contributed by atoms with Gasteiger partial charge in [0.25, 0.3) is 5.56 Å². The second kappa shape index (κ2) is 7.24. The summed E-state index contributed by atoms with van der Waals surface area (Å²) in [6.07, 6.45) is 2.38. The Morgan fingerprint density at radius 1 is 1.38 bits per heavy atom. The number of H-pyrrole nitrogens is 1. The molecular formula is C15H18ClN3O2. The minimum absolute atomic E-state index is 0.0476. The Labute approximate surface area is 128 Å². The standard InChI is InChI=1S/C15H18ClN3O2/c1-2-6-11(14(20)10-7-4-3-5-8-10)18-12-9-17-19-15(21)13(12)16/h3-5,7-9,11,14,20H,2,6H2,1H3,(H2,18,19,21)/t11-,14+/m0/s1. The summed E-state index contributed by atoms with van der Waals surface area (Å²) >= 11 is 5.96. The van der Waals surface area contributed by atoms with Gasteiger partial charge in [-0.2, -0.15) is 5.10 Å². The Balaban J connectivity index is 2.23. The highest BCUT2D eigenvalue weighted by Crippen LogP contribution is 2.25. The van der Waals surface area contributed by atoms with Crippen LogP contribution in [0.5, 0.6) is 0 Å². The van der Waals surface area contributed by atoms with Crippen LogP contribution in [0.2, 0.25) is 5.02 Å². The quantitative estimate of drug-likeness (QED) is 0.767. The van der Waals surface area contributed by atoms with Crippen molar-refractivity contribution < 1.29 is 5.11 Å². The number of benzene rings is 1. The first-order chi connectivity index (χ1) is 10.1. The average molecular weight is 308 g/mol. The van der Waals surface area contributed by atoms with Crippen LogP contribution in [0.4, 0.5) is 5.69 Å². The van der Waals surface area contributed by atoms with Crippen molar-refractivity contribution in [2.45, 2.75) is 31.9 Å². The molecule has 1 aromatic heterocycles. The molecule has 2 atom stereocenters. The van der Waals surface area contributed by atoms with Crippen molar-refractivity contribution >= 4 is 17.3 Å². The Hall–Kier alpha value is -1.85. The van der Waals surface area contributed by atoms with Crippen molar-refractivity contribution in [1.29, 1.82) is 0 Å². The molecule has 0 saturated heterocycles. The van der Waals surface area contributed by atoms with Crippen LogP contribution < -0.4 is 10.9 Å². The summed E-state index contributed by atoms with van der Waals surface area (Å²) in [4.78, 5) is 11.5. The van der Waals surface area contributed by atoms with E-state index in [4.69, 9.17) is 11.6 Å². The number of aromatic amines is 1. The van der Waals surface area contributed by atoms with E-state index in [1.165, 1.54) is 6.20 Å². The van der Waals surface area contributed by atoms with Crippen molar-refractivity contribution in [2.24, 2.45) is 0 Å². The van der Waals surface area contributed by atoms with E-state index in [1.807, 2.05) is 37.3 Å². The van der Waals surface area contributed by atoms with E-state index in [1.54, 1.807) is 0 Å². The maximum absolute atomic E-state index is 11.5. The molecule has 2 aromatic rings. The molecule has 0 radical (unpaired) electrons. The number of nitrogens with zero attached hydrogens (tertiary/aromatic N) is 1. The molecule has 2 rings (SSSR count). The molecule has 0 aliphatic heterocycles. The van der Waals surface area contributed by atoms with Crippen molar-refractivity contribution in [2.75, 3.05) is 5.32 Å². The van der Waals surface area contributed by atoms with Crippen LogP contribution in [0, 0.1) is 0 Å². The van der Waals surface area contributed by atoms with Gasteiger partial charge in [0.2, 0.25) is 0 Å². The molecule has 21 heavy (non-hydrogen) atoms. The molecule has 112 valence electrons. The zero-order valence-electron chi connectivity index (χ0n) is 11.7. The van der Waals surface area contributed by atoms with E-state index in [0.717, 1.165) is 18.4 Å². The van der Waals surface area contributed by atoms with Crippen molar-refractivity contribution in [3.63, 3.8) is 0 Å². The Kier molecular flexibility index (Phi) is 5.36. The van der Waals surface area contributed by atoms with Gasteiger partial charge in [-0.15, -0.1) is 0 Å². The number of rotatable bonds is 6. The number of anilines is 1. The van der Waals surface area contributed by atoms with Crippen molar-refractivity contribution in [1.82, 2.24) is 10.2 Å². The first kappa shape index (κ1) is 15.5. The fourth-order valence-corrected chi connectivity index (χ4v) is 2.33. The first-order valence-electron chi connectivity index (χ1n) is 6.86. The third kappa shape index (κ3) is 3.83. The minimum atomic E-state index is -0.693. The predicted octanol–water partition coefficient (Wildman–Crippen LogP) is 2.74. The summed E-state index contributed by atoms with van der Waals surface area (Å²) in [6.45, 7) is 2.03. The average Bonchev–Trinajstić information content (AvgIpc) is 2.51. The number of aliphatic hydroxyl groups excluding tert-OH is 1. The van der Waals surface area contributed by atoms with Crippen LogP contribution in [0.15, 0.2) is 41.3 Å². The molecule has 6 heteroatoms. The highest BCUT2D eigenvalue weighted by atomic mass is 35.5. The molecular weight excluding hydrogens is 290 g/mol. The fraction of sp³-hybridized carbons (Fsp3) is 0.333. The van der Waals surface area contributed by atoms with Gasteiger partial charge in [-0.1, -0.05) is 55.3 Å². The van der Waals surface area contributed by atoms with E-state index in [2.05, 4.69) is 15.5 Å². The van der Waals surface area contributed by atoms with E-state index >= 15 is 0 Å². The first-order valence-corrected chi connectivity index (χ1v) is 7.24. The summed E-state index contributed by atoms with van der Waals surface area (Å²) in [7, 11) is 0. The van der Waals surface area contributed by atoms with Gasteiger partial charge in [0.05, 0.1) is 24.0 Å². The molecule has 0 aliphatic rings. The lowest BCUT2D eigenvalue weighted by atomic mass is 9.98. The SMILES string of the molecule is CCC[C@H](Nc1cn[nH]c(=O)c1Cl)[C@H](O)c1ccccc1. The topological polar surface area (TPSA) is 78.0 Å². The second-order valence-corrected chi connectivity index (χ2v) is 5.20. The van der Waals surface area contributed by atoms with Gasteiger partial charge in [0.1, 0.15) is 5.02 Å². The molecule has 1 heterocycles. The van der Waals surface area contributed by atoms with Crippen LogP contribution in [0.25, 0.3) is 0 Å². The summed E-state index contributed by atoms with van der Waals surface area (Å²) in [6, 6.07) is 9.14. The van der Waals surface area contributed by atoms with Gasteiger partial charge in [0, 0.05) is 0 Å². The molecule has 0 fully saturated rings. The monoisotopic (exact) mass is 307 g/mol. The molecule has 0 aliphatic carbocycles. The zero-order valence-corrected chi connectivity index (χ0v) is 12.5. The molecule has 0 bridgehead atoms. The fourth-order valence-electron chi connectivity index (χ4n) is 2.19.